The molecule has 4 nitrogen and oxygen atoms in total. The second-order valence-corrected chi connectivity index (χ2v) is 3.20. The quantitative estimate of drug-likeness (QED) is 0.716. The summed E-state index contributed by atoms with van der Waals surface area (Å²) in [6.45, 7) is 3.13. The molecule has 1 atom stereocenters. The van der Waals surface area contributed by atoms with Gasteiger partial charge in [-0.3, -0.25) is 0 Å². The Bertz CT molecular complexity index is 172. The SMILES string of the molecule is CCOC(=O)N1CCC[C@@H]1CCO. The number of carbonyl (C=O) groups is 1. The molecule has 4 heteroatoms. The Hall–Kier alpha value is -0.770. The molecule has 0 aromatic carbocycles. The van der Waals surface area contributed by atoms with Crippen LogP contribution in [0.15, 0.2) is 0 Å². The molecule has 1 saturated heterocycles. The number of amides is 1. The molecule has 0 unspecified atom stereocenters. The van der Waals surface area contributed by atoms with Gasteiger partial charge in [0.1, 0.15) is 0 Å². The van der Waals surface area contributed by atoms with Gasteiger partial charge in [0.05, 0.1) is 6.61 Å². The van der Waals surface area contributed by atoms with Gasteiger partial charge in [0.15, 0.2) is 0 Å². The Morgan fingerprint density at radius 2 is 2.46 bits per heavy atom. The first-order valence-corrected chi connectivity index (χ1v) is 4.83. The monoisotopic (exact) mass is 187 g/mol. The fourth-order valence-electron chi connectivity index (χ4n) is 1.73. The van der Waals surface area contributed by atoms with Gasteiger partial charge in [-0.25, -0.2) is 4.79 Å². The lowest BCUT2D eigenvalue weighted by molar-refractivity contribution is 0.0975. The van der Waals surface area contributed by atoms with Crippen LogP contribution in [0.5, 0.6) is 0 Å². The number of aliphatic hydroxyl groups excluding tert-OH is 1. The van der Waals surface area contributed by atoms with E-state index in [1.807, 2.05) is 0 Å². The van der Waals surface area contributed by atoms with Crippen LogP contribution in [-0.2, 0) is 4.74 Å². The zero-order valence-corrected chi connectivity index (χ0v) is 8.03. The molecular formula is C9H17NO3. The highest BCUT2D eigenvalue weighted by molar-refractivity contribution is 5.68. The maximum absolute atomic E-state index is 11.4. The predicted molar refractivity (Wildman–Crippen MR) is 48.5 cm³/mol. The largest absolute Gasteiger partial charge is 0.450 e. The lowest BCUT2D eigenvalue weighted by Gasteiger charge is -2.22. The number of nitrogens with zero attached hydrogens (tertiary/aromatic N) is 1. The fraction of sp³-hybridized carbons (Fsp3) is 0.889. The van der Waals surface area contributed by atoms with Crippen molar-refractivity contribution in [1.82, 2.24) is 4.90 Å². The van der Waals surface area contributed by atoms with Crippen LogP contribution in [0.3, 0.4) is 0 Å². The topological polar surface area (TPSA) is 49.8 Å². The van der Waals surface area contributed by atoms with Gasteiger partial charge < -0.3 is 14.7 Å². The van der Waals surface area contributed by atoms with E-state index in [4.69, 9.17) is 9.84 Å². The molecule has 0 radical (unpaired) electrons. The number of ether oxygens (including phenoxy) is 1. The molecule has 1 heterocycles. The first-order valence-electron chi connectivity index (χ1n) is 4.83. The molecule has 13 heavy (non-hydrogen) atoms. The molecule has 1 aliphatic heterocycles. The summed E-state index contributed by atoms with van der Waals surface area (Å²) in [5.41, 5.74) is 0. The third kappa shape index (κ3) is 2.59. The average Bonchev–Trinajstić information content (AvgIpc) is 2.54. The summed E-state index contributed by atoms with van der Waals surface area (Å²) in [5.74, 6) is 0. The second-order valence-electron chi connectivity index (χ2n) is 3.20. The van der Waals surface area contributed by atoms with E-state index < -0.39 is 0 Å². The second kappa shape index (κ2) is 5.07. The summed E-state index contributed by atoms with van der Waals surface area (Å²) in [6.07, 6.45) is 2.43. The van der Waals surface area contributed by atoms with Crippen molar-refractivity contribution in [2.45, 2.75) is 32.2 Å². The van der Waals surface area contributed by atoms with Gasteiger partial charge in [0, 0.05) is 19.2 Å². The van der Waals surface area contributed by atoms with Crippen molar-refractivity contribution >= 4 is 6.09 Å². The van der Waals surface area contributed by atoms with Crippen molar-refractivity contribution in [3.05, 3.63) is 0 Å². The molecule has 1 N–H and O–H groups in total. The van der Waals surface area contributed by atoms with Gasteiger partial charge >= 0.3 is 6.09 Å². The van der Waals surface area contributed by atoms with Crippen LogP contribution >= 0.6 is 0 Å². The number of hydrogen-bond donors (Lipinski definition) is 1. The molecular weight excluding hydrogens is 170 g/mol. The maximum Gasteiger partial charge on any atom is 0.409 e. The van der Waals surface area contributed by atoms with Gasteiger partial charge in [-0.1, -0.05) is 0 Å². The Morgan fingerprint density at radius 1 is 1.69 bits per heavy atom. The molecule has 76 valence electrons. The van der Waals surface area contributed by atoms with Gasteiger partial charge in [-0.15, -0.1) is 0 Å². The van der Waals surface area contributed by atoms with Crippen molar-refractivity contribution in [1.29, 1.82) is 0 Å². The Labute approximate surface area is 78.5 Å². The third-order valence-electron chi connectivity index (χ3n) is 2.34. The molecule has 1 amide bonds. The summed E-state index contributed by atoms with van der Waals surface area (Å²) in [4.78, 5) is 13.1. The first kappa shape index (κ1) is 10.3. The summed E-state index contributed by atoms with van der Waals surface area (Å²) in [7, 11) is 0. The Morgan fingerprint density at radius 3 is 3.08 bits per heavy atom. The highest BCUT2D eigenvalue weighted by Gasteiger charge is 2.28. The zero-order chi connectivity index (χ0) is 9.68. The minimum Gasteiger partial charge on any atom is -0.450 e. The third-order valence-corrected chi connectivity index (χ3v) is 2.34. The number of carbonyl (C=O) groups excluding carboxylic acids is 1. The highest BCUT2D eigenvalue weighted by atomic mass is 16.6. The molecule has 1 fully saturated rings. The smallest absolute Gasteiger partial charge is 0.409 e. The van der Waals surface area contributed by atoms with E-state index >= 15 is 0 Å². The summed E-state index contributed by atoms with van der Waals surface area (Å²) in [5, 5.41) is 8.78. The number of rotatable bonds is 3. The van der Waals surface area contributed by atoms with Gasteiger partial charge in [0.25, 0.3) is 0 Å². The number of aliphatic hydroxyl groups is 1. The maximum atomic E-state index is 11.4. The van der Waals surface area contributed by atoms with E-state index in [1.54, 1.807) is 11.8 Å². The van der Waals surface area contributed by atoms with E-state index in [-0.39, 0.29) is 18.7 Å². The van der Waals surface area contributed by atoms with Crippen LogP contribution < -0.4 is 0 Å². The molecule has 0 bridgehead atoms. The lowest BCUT2D eigenvalue weighted by atomic mass is 10.1. The van der Waals surface area contributed by atoms with Gasteiger partial charge in [-0.2, -0.15) is 0 Å². The summed E-state index contributed by atoms with van der Waals surface area (Å²) in [6, 6.07) is 0.184. The summed E-state index contributed by atoms with van der Waals surface area (Å²) >= 11 is 0. The molecule has 0 aromatic heterocycles. The predicted octanol–water partition coefficient (Wildman–Crippen LogP) is 0.990. The van der Waals surface area contributed by atoms with E-state index in [2.05, 4.69) is 0 Å². The zero-order valence-electron chi connectivity index (χ0n) is 8.03. The van der Waals surface area contributed by atoms with Crippen molar-refractivity contribution in [3.63, 3.8) is 0 Å². The average molecular weight is 187 g/mol. The van der Waals surface area contributed by atoms with E-state index in [0.29, 0.717) is 13.0 Å². The van der Waals surface area contributed by atoms with E-state index in [0.717, 1.165) is 19.4 Å². The normalized spacial score (nSPS) is 22.0. The van der Waals surface area contributed by atoms with E-state index in [9.17, 15) is 4.79 Å². The Balaban J connectivity index is 2.42. The molecule has 1 rings (SSSR count). The molecule has 1 aliphatic rings. The fourth-order valence-corrected chi connectivity index (χ4v) is 1.73. The van der Waals surface area contributed by atoms with Gasteiger partial charge in [0.2, 0.25) is 0 Å². The standard InChI is InChI=1S/C9H17NO3/c1-2-13-9(12)10-6-3-4-8(10)5-7-11/h8,11H,2-7H2,1H3/t8-/m1/s1. The van der Waals surface area contributed by atoms with Crippen molar-refractivity contribution in [2.75, 3.05) is 19.8 Å². The van der Waals surface area contributed by atoms with Crippen LogP contribution in [0.2, 0.25) is 0 Å². The molecule has 0 aromatic rings. The van der Waals surface area contributed by atoms with E-state index in [1.165, 1.54) is 0 Å². The van der Waals surface area contributed by atoms with Gasteiger partial charge in [-0.05, 0) is 26.2 Å². The van der Waals surface area contributed by atoms with Crippen LogP contribution in [0.4, 0.5) is 4.79 Å². The van der Waals surface area contributed by atoms with Crippen LogP contribution in [0.1, 0.15) is 26.2 Å². The highest BCUT2D eigenvalue weighted by Crippen LogP contribution is 2.20. The first-order chi connectivity index (χ1) is 6.29. The van der Waals surface area contributed by atoms with Crippen LogP contribution in [-0.4, -0.2) is 41.9 Å². The summed E-state index contributed by atoms with van der Waals surface area (Å²) < 4.78 is 4.91. The van der Waals surface area contributed by atoms with Crippen LogP contribution in [0.25, 0.3) is 0 Å². The van der Waals surface area contributed by atoms with Crippen molar-refractivity contribution in [2.24, 2.45) is 0 Å². The number of likely N-dealkylation sites (tertiary alicyclic amines) is 1. The Kier molecular flexibility index (Phi) is 4.02. The number of hydrogen-bond acceptors (Lipinski definition) is 3. The lowest BCUT2D eigenvalue weighted by Crippen LogP contribution is -2.36. The minimum atomic E-state index is -0.238. The van der Waals surface area contributed by atoms with Crippen LogP contribution in [0, 0.1) is 0 Å². The molecule has 0 spiro atoms. The minimum absolute atomic E-state index is 0.139. The molecule has 0 aliphatic carbocycles. The molecule has 0 saturated carbocycles. The van der Waals surface area contributed by atoms with Crippen molar-refractivity contribution in [3.8, 4) is 0 Å². The van der Waals surface area contributed by atoms with Crippen molar-refractivity contribution < 1.29 is 14.6 Å².